The number of hydrogen-bond donors (Lipinski definition) is 0. The summed E-state index contributed by atoms with van der Waals surface area (Å²) >= 11 is 0. The van der Waals surface area contributed by atoms with Crippen molar-refractivity contribution >= 4 is 11.8 Å². The molecule has 5 rings (SSSR count). The fraction of sp³-hybridized carbons (Fsp3) is 0.263. The van der Waals surface area contributed by atoms with Crippen LogP contribution in [0.5, 0.6) is 0 Å². The third kappa shape index (κ3) is 2.09. The van der Waals surface area contributed by atoms with E-state index in [1.54, 1.807) is 28.9 Å². The largest absolute Gasteiger partial charge is 0.337 e. The second kappa shape index (κ2) is 5.54. The van der Waals surface area contributed by atoms with Gasteiger partial charge in [0.15, 0.2) is 5.66 Å². The van der Waals surface area contributed by atoms with E-state index in [0.717, 1.165) is 11.3 Å². The van der Waals surface area contributed by atoms with Crippen LogP contribution in [0.2, 0.25) is 0 Å². The van der Waals surface area contributed by atoms with Crippen LogP contribution in [-0.2, 0) is 17.0 Å². The van der Waals surface area contributed by atoms with Gasteiger partial charge in [-0.05, 0) is 11.6 Å². The average molecular weight is 362 g/mol. The molecule has 4 heterocycles. The van der Waals surface area contributed by atoms with Gasteiger partial charge in [-0.3, -0.25) is 9.59 Å². The van der Waals surface area contributed by atoms with Crippen LogP contribution in [-0.4, -0.2) is 54.3 Å². The van der Waals surface area contributed by atoms with E-state index in [-0.39, 0.29) is 11.8 Å². The average Bonchev–Trinajstić information content (AvgIpc) is 3.40. The molecule has 2 aliphatic heterocycles. The summed E-state index contributed by atoms with van der Waals surface area (Å²) in [7, 11) is 0. The summed E-state index contributed by atoms with van der Waals surface area (Å²) in [6.07, 6.45) is 5.22. The van der Waals surface area contributed by atoms with E-state index in [1.165, 1.54) is 0 Å². The van der Waals surface area contributed by atoms with Gasteiger partial charge in [0, 0.05) is 26.2 Å². The first-order valence-electron chi connectivity index (χ1n) is 8.84. The van der Waals surface area contributed by atoms with Crippen LogP contribution < -0.4 is 0 Å². The summed E-state index contributed by atoms with van der Waals surface area (Å²) < 4.78 is 3.55. The first kappa shape index (κ1) is 15.8. The first-order chi connectivity index (χ1) is 13.1. The molecule has 1 aromatic carbocycles. The second-order valence-corrected chi connectivity index (χ2v) is 6.87. The van der Waals surface area contributed by atoms with Crippen molar-refractivity contribution in [3.8, 4) is 5.69 Å². The van der Waals surface area contributed by atoms with E-state index in [0.29, 0.717) is 25.3 Å². The summed E-state index contributed by atoms with van der Waals surface area (Å²) in [6.45, 7) is 3.07. The molecule has 27 heavy (non-hydrogen) atoms. The minimum absolute atomic E-state index is 0.0405. The van der Waals surface area contributed by atoms with Gasteiger partial charge in [0.2, 0.25) is 5.91 Å². The predicted molar refractivity (Wildman–Crippen MR) is 95.9 cm³/mol. The zero-order valence-corrected chi connectivity index (χ0v) is 14.8. The molecule has 8 heteroatoms. The fourth-order valence-corrected chi connectivity index (χ4v) is 4.33. The molecule has 8 nitrogen and oxygen atoms in total. The molecule has 3 aromatic rings. The smallest absolute Gasteiger partial charge is 0.272 e. The summed E-state index contributed by atoms with van der Waals surface area (Å²) in [5.41, 5.74) is 1.50. The first-order valence-corrected chi connectivity index (χ1v) is 8.84. The molecule has 2 aromatic heterocycles. The van der Waals surface area contributed by atoms with Gasteiger partial charge in [-0.15, -0.1) is 5.10 Å². The van der Waals surface area contributed by atoms with E-state index in [9.17, 15) is 9.59 Å². The number of carbonyl (C=O) groups is 2. The predicted octanol–water partition coefficient (Wildman–Crippen LogP) is 1.24. The van der Waals surface area contributed by atoms with E-state index in [2.05, 4.69) is 10.3 Å². The van der Waals surface area contributed by atoms with Crippen molar-refractivity contribution in [1.29, 1.82) is 0 Å². The van der Waals surface area contributed by atoms with Crippen molar-refractivity contribution < 1.29 is 9.59 Å². The number of nitrogens with zero attached hydrogens (tertiary/aromatic N) is 6. The number of aromatic nitrogens is 4. The molecule has 0 bridgehead atoms. The fourth-order valence-electron chi connectivity index (χ4n) is 4.33. The number of hydrogen-bond acceptors (Lipinski definition) is 4. The molecule has 0 aliphatic carbocycles. The highest BCUT2D eigenvalue weighted by Crippen LogP contribution is 2.43. The monoisotopic (exact) mass is 362 g/mol. The van der Waals surface area contributed by atoms with Gasteiger partial charge in [0.05, 0.1) is 24.6 Å². The Labute approximate surface area is 155 Å². The Kier molecular flexibility index (Phi) is 3.24. The van der Waals surface area contributed by atoms with Gasteiger partial charge in [0.25, 0.3) is 5.91 Å². The Morgan fingerprint density at radius 2 is 2.00 bits per heavy atom. The van der Waals surface area contributed by atoms with Crippen molar-refractivity contribution in [2.24, 2.45) is 0 Å². The van der Waals surface area contributed by atoms with E-state index < -0.39 is 5.66 Å². The normalized spacial score (nSPS) is 21.3. The highest BCUT2D eigenvalue weighted by molar-refractivity contribution is 5.96. The van der Waals surface area contributed by atoms with Crippen LogP contribution in [0.25, 0.3) is 5.69 Å². The lowest BCUT2D eigenvalue weighted by molar-refractivity contribution is -0.138. The van der Waals surface area contributed by atoms with Gasteiger partial charge >= 0.3 is 0 Å². The van der Waals surface area contributed by atoms with E-state index >= 15 is 0 Å². The Balaban J connectivity index is 1.69. The van der Waals surface area contributed by atoms with Crippen molar-refractivity contribution in [3.63, 3.8) is 0 Å². The quantitative estimate of drug-likeness (QED) is 0.687. The Morgan fingerprint density at radius 3 is 2.70 bits per heavy atom. The molecule has 2 amide bonds. The Hall–Kier alpha value is -3.42. The third-order valence-electron chi connectivity index (χ3n) is 5.48. The van der Waals surface area contributed by atoms with Crippen molar-refractivity contribution in [3.05, 3.63) is 66.2 Å². The van der Waals surface area contributed by atoms with Crippen molar-refractivity contribution in [2.45, 2.75) is 19.1 Å². The van der Waals surface area contributed by atoms with E-state index in [4.69, 9.17) is 0 Å². The van der Waals surface area contributed by atoms with Crippen LogP contribution in [0.1, 0.15) is 23.0 Å². The minimum Gasteiger partial charge on any atom is -0.337 e. The van der Waals surface area contributed by atoms with Crippen molar-refractivity contribution in [2.75, 3.05) is 13.1 Å². The number of rotatable bonds is 2. The number of carbonyl (C=O) groups excluding carboxylic acids is 2. The molecule has 0 spiro atoms. The molecule has 0 N–H and O–H groups in total. The van der Waals surface area contributed by atoms with Gasteiger partial charge in [-0.25, -0.2) is 4.68 Å². The Bertz CT molecular complexity index is 1030. The van der Waals surface area contributed by atoms with Crippen LogP contribution in [0.4, 0.5) is 0 Å². The molecule has 1 fully saturated rings. The lowest BCUT2D eigenvalue weighted by Crippen LogP contribution is -2.59. The standard InChI is InChI=1S/C19H18N6O2/c1-14(26)23-9-10-24-18(27)17-11-16(25-8-7-20-21-25)12-22(17)13-19(23,24)15-5-3-2-4-6-15/h2-8,11-12H,9-10,13H2,1H3. The molecule has 2 aliphatic rings. The summed E-state index contributed by atoms with van der Waals surface area (Å²) in [6, 6.07) is 11.6. The van der Waals surface area contributed by atoms with Crippen molar-refractivity contribution in [1.82, 2.24) is 29.4 Å². The van der Waals surface area contributed by atoms with Crippen LogP contribution >= 0.6 is 0 Å². The topological polar surface area (TPSA) is 76.3 Å². The van der Waals surface area contributed by atoms with E-state index in [1.807, 2.05) is 52.1 Å². The molecule has 1 unspecified atom stereocenters. The molecular formula is C19H18N6O2. The SMILES string of the molecule is CC(=O)N1CCN2C(=O)c3cc(-n4ccnn4)cn3CC12c1ccccc1. The van der Waals surface area contributed by atoms with Crippen LogP contribution in [0, 0.1) is 0 Å². The number of benzene rings is 1. The summed E-state index contributed by atoms with van der Waals surface area (Å²) in [5.74, 6) is -0.124. The highest BCUT2D eigenvalue weighted by Gasteiger charge is 2.55. The second-order valence-electron chi connectivity index (χ2n) is 6.87. The summed E-state index contributed by atoms with van der Waals surface area (Å²) in [5, 5.41) is 7.84. The molecule has 136 valence electrons. The lowest BCUT2D eigenvalue weighted by Gasteiger charge is -2.47. The molecule has 1 saturated heterocycles. The minimum atomic E-state index is -0.810. The molecule has 0 saturated carbocycles. The maximum Gasteiger partial charge on any atom is 0.272 e. The highest BCUT2D eigenvalue weighted by atomic mass is 16.2. The van der Waals surface area contributed by atoms with Gasteiger partial charge in [-0.2, -0.15) is 0 Å². The molecule has 0 radical (unpaired) electrons. The zero-order chi connectivity index (χ0) is 18.6. The van der Waals surface area contributed by atoms with Crippen LogP contribution in [0.3, 0.4) is 0 Å². The van der Waals surface area contributed by atoms with Gasteiger partial charge in [-0.1, -0.05) is 35.5 Å². The van der Waals surface area contributed by atoms with Crippen LogP contribution in [0.15, 0.2) is 55.0 Å². The maximum absolute atomic E-state index is 13.3. The maximum atomic E-state index is 13.3. The van der Waals surface area contributed by atoms with Gasteiger partial charge in [0.1, 0.15) is 5.69 Å². The zero-order valence-electron chi connectivity index (χ0n) is 14.8. The van der Waals surface area contributed by atoms with Gasteiger partial charge < -0.3 is 14.4 Å². The lowest BCUT2D eigenvalue weighted by atomic mass is 9.94. The number of amides is 2. The Morgan fingerprint density at radius 1 is 1.19 bits per heavy atom. The summed E-state index contributed by atoms with van der Waals surface area (Å²) in [4.78, 5) is 29.4. The third-order valence-corrected chi connectivity index (χ3v) is 5.48. The molecular weight excluding hydrogens is 344 g/mol. The number of fused-ring (bicyclic) bond motifs is 2. The molecule has 1 atom stereocenters.